The van der Waals surface area contributed by atoms with Crippen molar-refractivity contribution in [1.29, 1.82) is 0 Å². The quantitative estimate of drug-likeness (QED) is 0.885. The van der Waals surface area contributed by atoms with Gasteiger partial charge in [0.25, 0.3) is 0 Å². The van der Waals surface area contributed by atoms with Gasteiger partial charge in [-0.2, -0.15) is 0 Å². The van der Waals surface area contributed by atoms with E-state index in [-0.39, 0.29) is 12.0 Å². The minimum atomic E-state index is -0.0433. The molecule has 116 valence electrons. The van der Waals surface area contributed by atoms with Crippen molar-refractivity contribution in [1.82, 2.24) is 4.98 Å². The van der Waals surface area contributed by atoms with Crippen LogP contribution in [0.25, 0.3) is 0 Å². The minimum absolute atomic E-state index is 0.0433. The molecule has 0 aliphatic heterocycles. The van der Waals surface area contributed by atoms with Gasteiger partial charge in [0, 0.05) is 16.3 Å². The molecule has 2 aromatic rings. The van der Waals surface area contributed by atoms with Crippen molar-refractivity contribution in [3.63, 3.8) is 0 Å². The highest BCUT2D eigenvalue weighted by Gasteiger charge is 2.25. The van der Waals surface area contributed by atoms with Gasteiger partial charge < -0.3 is 10.0 Å². The number of anilines is 1. The first-order valence-electron chi connectivity index (χ1n) is 7.23. The van der Waals surface area contributed by atoms with Gasteiger partial charge in [-0.1, -0.05) is 38.2 Å². The minimum Gasteiger partial charge on any atom is -0.391 e. The Kier molecular flexibility index (Phi) is 5.07. The summed E-state index contributed by atoms with van der Waals surface area (Å²) >= 11 is 3.39. The topological polar surface area (TPSA) is 36.4 Å². The van der Waals surface area contributed by atoms with Crippen LogP contribution < -0.4 is 4.90 Å². The normalized spacial score (nSPS) is 12.1. The largest absolute Gasteiger partial charge is 0.391 e. The van der Waals surface area contributed by atoms with E-state index in [1.54, 1.807) is 22.7 Å². The number of aliphatic hydroxyl groups excluding tert-OH is 1. The molecule has 2 rings (SSSR count). The molecule has 21 heavy (non-hydrogen) atoms. The second-order valence-electron chi connectivity index (χ2n) is 6.48. The highest BCUT2D eigenvalue weighted by molar-refractivity contribution is 7.15. The molecule has 0 aliphatic rings. The van der Waals surface area contributed by atoms with Crippen LogP contribution in [-0.2, 0) is 18.6 Å². The van der Waals surface area contributed by atoms with Gasteiger partial charge in [0.1, 0.15) is 0 Å². The number of thiazole rings is 1. The summed E-state index contributed by atoms with van der Waals surface area (Å²) in [7, 11) is 0. The van der Waals surface area contributed by atoms with Gasteiger partial charge in [-0.3, -0.25) is 0 Å². The predicted octanol–water partition coefficient (Wildman–Crippen LogP) is 4.41. The molecule has 0 atom stereocenters. The van der Waals surface area contributed by atoms with Crippen molar-refractivity contribution in [2.24, 2.45) is 0 Å². The molecule has 0 amide bonds. The van der Waals surface area contributed by atoms with Gasteiger partial charge in [-0.05, 0) is 25.3 Å². The van der Waals surface area contributed by atoms with Crippen molar-refractivity contribution in [2.75, 3.05) is 4.90 Å². The van der Waals surface area contributed by atoms with Crippen LogP contribution in [0.5, 0.6) is 0 Å². The number of hydrogen-bond donors (Lipinski definition) is 1. The first-order valence-corrected chi connectivity index (χ1v) is 8.92. The van der Waals surface area contributed by atoms with Crippen LogP contribution >= 0.6 is 22.7 Å². The van der Waals surface area contributed by atoms with Crippen LogP contribution in [0.4, 0.5) is 5.13 Å². The van der Waals surface area contributed by atoms with E-state index in [9.17, 15) is 5.11 Å². The second-order valence-corrected chi connectivity index (χ2v) is 8.57. The summed E-state index contributed by atoms with van der Waals surface area (Å²) in [6.45, 7) is 11.7. The van der Waals surface area contributed by atoms with E-state index in [2.05, 4.69) is 57.0 Å². The van der Waals surface area contributed by atoms with Gasteiger partial charge in [0.2, 0.25) is 0 Å². The average molecular weight is 325 g/mol. The zero-order valence-electron chi connectivity index (χ0n) is 13.4. The van der Waals surface area contributed by atoms with E-state index >= 15 is 0 Å². The molecule has 0 saturated carbocycles. The fourth-order valence-electron chi connectivity index (χ4n) is 2.20. The summed E-state index contributed by atoms with van der Waals surface area (Å²) in [5.74, 6) is 0. The number of nitrogens with zero attached hydrogens (tertiary/aromatic N) is 2. The van der Waals surface area contributed by atoms with E-state index in [0.717, 1.165) is 22.2 Å². The van der Waals surface area contributed by atoms with Crippen LogP contribution in [0, 0.1) is 0 Å². The third-order valence-corrected chi connectivity index (χ3v) is 5.25. The standard InChI is InChI=1S/C16H24N2OS2/c1-11(2)18(9-12-7-6-8-20-12)15-17-14(16(3,4)5)13(10-19)21-15/h6-8,11,19H,9-10H2,1-5H3. The molecule has 2 heterocycles. The molecule has 3 nitrogen and oxygen atoms in total. The molecular weight excluding hydrogens is 300 g/mol. The third kappa shape index (κ3) is 3.84. The first kappa shape index (κ1) is 16.5. The Morgan fingerprint density at radius 3 is 2.48 bits per heavy atom. The van der Waals surface area contributed by atoms with E-state index in [1.165, 1.54) is 4.88 Å². The van der Waals surface area contributed by atoms with E-state index in [1.807, 2.05) is 0 Å². The fourth-order valence-corrected chi connectivity index (χ4v) is 4.16. The molecule has 1 N–H and O–H groups in total. The van der Waals surface area contributed by atoms with Crippen LogP contribution in [0.15, 0.2) is 17.5 Å². The van der Waals surface area contributed by atoms with Crippen LogP contribution in [0.1, 0.15) is 50.1 Å². The Hall–Kier alpha value is -0.910. The zero-order valence-corrected chi connectivity index (χ0v) is 15.0. The monoisotopic (exact) mass is 324 g/mol. The maximum atomic E-state index is 9.63. The Morgan fingerprint density at radius 2 is 2.05 bits per heavy atom. The molecule has 0 fully saturated rings. The molecule has 0 aromatic carbocycles. The predicted molar refractivity (Wildman–Crippen MR) is 92.4 cm³/mol. The summed E-state index contributed by atoms with van der Waals surface area (Å²) < 4.78 is 0. The Balaban J connectivity index is 2.35. The number of aliphatic hydroxyl groups is 1. The van der Waals surface area contributed by atoms with Crippen molar-refractivity contribution in [3.8, 4) is 0 Å². The number of thiophene rings is 1. The van der Waals surface area contributed by atoms with Gasteiger partial charge in [0.05, 0.1) is 23.7 Å². The lowest BCUT2D eigenvalue weighted by Crippen LogP contribution is -2.29. The molecule has 0 bridgehead atoms. The summed E-state index contributed by atoms with van der Waals surface area (Å²) in [5, 5.41) is 12.7. The van der Waals surface area contributed by atoms with Crippen LogP contribution in [0.3, 0.4) is 0 Å². The van der Waals surface area contributed by atoms with E-state index < -0.39 is 0 Å². The fraction of sp³-hybridized carbons (Fsp3) is 0.562. The summed E-state index contributed by atoms with van der Waals surface area (Å²) in [4.78, 5) is 9.47. The number of hydrogen-bond acceptors (Lipinski definition) is 5. The molecule has 0 radical (unpaired) electrons. The lowest BCUT2D eigenvalue weighted by atomic mass is 9.91. The van der Waals surface area contributed by atoms with Crippen LogP contribution in [-0.4, -0.2) is 16.1 Å². The Morgan fingerprint density at radius 1 is 1.33 bits per heavy atom. The maximum Gasteiger partial charge on any atom is 0.186 e. The lowest BCUT2D eigenvalue weighted by molar-refractivity contribution is 0.282. The molecule has 5 heteroatoms. The molecular formula is C16H24N2OS2. The molecule has 0 aliphatic carbocycles. The average Bonchev–Trinajstić information content (AvgIpc) is 3.03. The number of rotatable bonds is 5. The van der Waals surface area contributed by atoms with Gasteiger partial charge in [-0.15, -0.1) is 11.3 Å². The molecule has 0 spiro atoms. The first-order chi connectivity index (χ1) is 9.82. The zero-order chi connectivity index (χ0) is 15.6. The van der Waals surface area contributed by atoms with Crippen molar-refractivity contribution < 1.29 is 5.11 Å². The van der Waals surface area contributed by atoms with Crippen molar-refractivity contribution >= 4 is 27.8 Å². The van der Waals surface area contributed by atoms with Crippen molar-refractivity contribution in [2.45, 2.75) is 59.2 Å². The Labute approximate surface area is 135 Å². The molecule has 0 unspecified atom stereocenters. The summed E-state index contributed by atoms with van der Waals surface area (Å²) in [6, 6.07) is 4.61. The highest BCUT2D eigenvalue weighted by Crippen LogP contribution is 2.35. The highest BCUT2D eigenvalue weighted by atomic mass is 32.1. The molecule has 0 saturated heterocycles. The van der Waals surface area contributed by atoms with Gasteiger partial charge in [-0.25, -0.2) is 4.98 Å². The second kappa shape index (κ2) is 6.46. The SMILES string of the molecule is CC(C)N(Cc1cccs1)c1nc(C(C)(C)C)c(CO)s1. The maximum absolute atomic E-state index is 9.63. The van der Waals surface area contributed by atoms with Gasteiger partial charge in [0.15, 0.2) is 5.13 Å². The Bertz CT molecular complexity index is 568. The summed E-state index contributed by atoms with van der Waals surface area (Å²) in [6.07, 6.45) is 0. The third-order valence-electron chi connectivity index (χ3n) is 3.32. The van der Waals surface area contributed by atoms with E-state index in [4.69, 9.17) is 4.98 Å². The smallest absolute Gasteiger partial charge is 0.186 e. The van der Waals surface area contributed by atoms with E-state index in [0.29, 0.717) is 6.04 Å². The molecule has 2 aromatic heterocycles. The summed E-state index contributed by atoms with van der Waals surface area (Å²) in [5.41, 5.74) is 0.972. The lowest BCUT2D eigenvalue weighted by Gasteiger charge is -2.25. The van der Waals surface area contributed by atoms with Crippen LogP contribution in [0.2, 0.25) is 0 Å². The van der Waals surface area contributed by atoms with Gasteiger partial charge >= 0.3 is 0 Å². The number of aromatic nitrogens is 1. The van der Waals surface area contributed by atoms with Crippen molar-refractivity contribution in [3.05, 3.63) is 33.0 Å².